The predicted molar refractivity (Wildman–Crippen MR) is 74.3 cm³/mol. The molecular weight excluding hydrogens is 262 g/mol. The molecule has 0 saturated carbocycles. The first-order chi connectivity index (χ1) is 9.52. The minimum Gasteiger partial charge on any atom is -0.348 e. The highest BCUT2D eigenvalue weighted by Gasteiger charge is 2.25. The number of carbonyl (C=O) groups is 1. The second kappa shape index (κ2) is 5.85. The lowest BCUT2D eigenvalue weighted by Gasteiger charge is -2.14. The molecule has 0 radical (unpaired) electrons. The number of hydrogen-bond acceptors (Lipinski definition) is 6. The Labute approximate surface area is 116 Å². The van der Waals surface area contributed by atoms with Crippen LogP contribution in [0.2, 0.25) is 0 Å². The Hall–Kier alpha value is -2.19. The van der Waals surface area contributed by atoms with Gasteiger partial charge in [0.2, 0.25) is 0 Å². The summed E-state index contributed by atoms with van der Waals surface area (Å²) in [5, 5.41) is 13.8. The monoisotopic (exact) mass is 279 g/mol. The van der Waals surface area contributed by atoms with E-state index >= 15 is 0 Å². The number of nitro benzene ring substituents is 1. The molecule has 1 aromatic rings. The first-order valence-electron chi connectivity index (χ1n) is 6.26. The molecule has 1 heterocycles. The molecule has 2 rings (SSSR count). The molecule has 1 aromatic carbocycles. The van der Waals surface area contributed by atoms with Gasteiger partial charge < -0.3 is 15.6 Å². The number of anilines is 1. The van der Waals surface area contributed by atoms with Crippen LogP contribution in [0.15, 0.2) is 18.2 Å². The molecule has 1 aliphatic rings. The van der Waals surface area contributed by atoms with Crippen molar-refractivity contribution in [1.29, 1.82) is 0 Å². The van der Waals surface area contributed by atoms with E-state index in [0.717, 1.165) is 19.5 Å². The molecule has 1 unspecified atom stereocenters. The first-order valence-corrected chi connectivity index (χ1v) is 6.26. The standard InChI is InChI=1S/C12H17N5O3/c1-16-6-5-8(7-16)14-12(18)9-3-2-4-10(17(19)20)11(9)15-13/h2-4,8,15H,5-7,13H2,1H3,(H,14,18). The third-order valence-electron chi connectivity index (χ3n) is 3.35. The highest BCUT2D eigenvalue weighted by molar-refractivity contribution is 6.01. The molecule has 1 aliphatic heterocycles. The highest BCUT2D eigenvalue weighted by atomic mass is 16.6. The zero-order valence-corrected chi connectivity index (χ0v) is 11.1. The topological polar surface area (TPSA) is 114 Å². The van der Waals surface area contributed by atoms with Gasteiger partial charge in [-0.3, -0.25) is 20.8 Å². The van der Waals surface area contributed by atoms with Crippen LogP contribution in [0.1, 0.15) is 16.8 Å². The number of nitro groups is 1. The van der Waals surface area contributed by atoms with E-state index in [2.05, 4.69) is 15.6 Å². The van der Waals surface area contributed by atoms with Crippen molar-refractivity contribution in [2.45, 2.75) is 12.5 Å². The number of rotatable bonds is 4. The average molecular weight is 279 g/mol. The fourth-order valence-corrected chi connectivity index (χ4v) is 2.35. The lowest BCUT2D eigenvalue weighted by Crippen LogP contribution is -2.37. The molecule has 1 amide bonds. The maximum atomic E-state index is 12.2. The van der Waals surface area contributed by atoms with Gasteiger partial charge in [-0.15, -0.1) is 0 Å². The number of carbonyl (C=O) groups excluding carboxylic acids is 1. The van der Waals surface area contributed by atoms with Crippen LogP contribution < -0.4 is 16.6 Å². The van der Waals surface area contributed by atoms with Gasteiger partial charge in [-0.1, -0.05) is 6.07 Å². The second-order valence-corrected chi connectivity index (χ2v) is 4.82. The fourth-order valence-electron chi connectivity index (χ4n) is 2.35. The minimum absolute atomic E-state index is 0.0290. The van der Waals surface area contributed by atoms with E-state index in [1.807, 2.05) is 7.05 Å². The van der Waals surface area contributed by atoms with Crippen LogP contribution in [0.5, 0.6) is 0 Å². The van der Waals surface area contributed by atoms with Gasteiger partial charge in [0.1, 0.15) is 5.69 Å². The van der Waals surface area contributed by atoms with Gasteiger partial charge >= 0.3 is 0 Å². The summed E-state index contributed by atoms with van der Waals surface area (Å²) in [6.07, 6.45) is 0.864. The second-order valence-electron chi connectivity index (χ2n) is 4.82. The van der Waals surface area contributed by atoms with Gasteiger partial charge in [0.25, 0.3) is 11.6 Å². The summed E-state index contributed by atoms with van der Waals surface area (Å²) >= 11 is 0. The van der Waals surface area contributed by atoms with Crippen molar-refractivity contribution in [2.75, 3.05) is 25.6 Å². The summed E-state index contributed by atoms with van der Waals surface area (Å²) in [5.41, 5.74) is 2.23. The quantitative estimate of drug-likeness (QED) is 0.415. The van der Waals surface area contributed by atoms with Crippen LogP contribution in [0.3, 0.4) is 0 Å². The number of para-hydroxylation sites is 1. The number of likely N-dealkylation sites (tertiary alicyclic amines) is 1. The van der Waals surface area contributed by atoms with E-state index in [0.29, 0.717) is 0 Å². The van der Waals surface area contributed by atoms with Gasteiger partial charge in [0, 0.05) is 18.7 Å². The maximum Gasteiger partial charge on any atom is 0.294 e. The largest absolute Gasteiger partial charge is 0.348 e. The zero-order chi connectivity index (χ0) is 14.7. The van der Waals surface area contributed by atoms with Gasteiger partial charge in [-0.25, -0.2) is 0 Å². The van der Waals surface area contributed by atoms with Crippen molar-refractivity contribution in [3.63, 3.8) is 0 Å². The lowest BCUT2D eigenvalue weighted by molar-refractivity contribution is -0.384. The summed E-state index contributed by atoms with van der Waals surface area (Å²) in [6, 6.07) is 4.33. The fraction of sp³-hybridized carbons (Fsp3) is 0.417. The van der Waals surface area contributed by atoms with Crippen LogP contribution in [0, 0.1) is 10.1 Å². The smallest absolute Gasteiger partial charge is 0.294 e. The van der Waals surface area contributed by atoms with Crippen LogP contribution >= 0.6 is 0 Å². The van der Waals surface area contributed by atoms with Crippen molar-refractivity contribution in [3.05, 3.63) is 33.9 Å². The van der Waals surface area contributed by atoms with Crippen molar-refractivity contribution in [1.82, 2.24) is 10.2 Å². The Morgan fingerprint density at radius 3 is 2.85 bits per heavy atom. The van der Waals surface area contributed by atoms with Crippen molar-refractivity contribution in [3.8, 4) is 0 Å². The number of hydrazine groups is 1. The van der Waals surface area contributed by atoms with Crippen LogP contribution in [-0.4, -0.2) is 41.9 Å². The molecule has 0 aromatic heterocycles. The van der Waals surface area contributed by atoms with Crippen molar-refractivity contribution in [2.24, 2.45) is 5.84 Å². The molecular formula is C12H17N5O3. The Morgan fingerprint density at radius 2 is 2.30 bits per heavy atom. The van der Waals surface area contributed by atoms with E-state index in [4.69, 9.17) is 5.84 Å². The summed E-state index contributed by atoms with van der Waals surface area (Å²) in [7, 11) is 1.98. The predicted octanol–water partition coefficient (Wildman–Crippen LogP) is 0.314. The van der Waals surface area contributed by atoms with E-state index in [9.17, 15) is 14.9 Å². The number of benzene rings is 1. The van der Waals surface area contributed by atoms with Gasteiger partial charge in [0.05, 0.1) is 10.5 Å². The van der Waals surface area contributed by atoms with E-state index in [1.165, 1.54) is 18.2 Å². The van der Waals surface area contributed by atoms with E-state index < -0.39 is 4.92 Å². The van der Waals surface area contributed by atoms with E-state index in [-0.39, 0.29) is 28.9 Å². The number of amides is 1. The van der Waals surface area contributed by atoms with Crippen LogP contribution in [-0.2, 0) is 0 Å². The molecule has 20 heavy (non-hydrogen) atoms. The molecule has 8 heteroatoms. The zero-order valence-electron chi connectivity index (χ0n) is 11.1. The number of nitrogens with two attached hydrogens (primary N) is 1. The molecule has 8 nitrogen and oxygen atoms in total. The molecule has 4 N–H and O–H groups in total. The first kappa shape index (κ1) is 14.2. The summed E-state index contributed by atoms with van der Waals surface area (Å²) in [6.45, 7) is 1.69. The molecule has 108 valence electrons. The van der Waals surface area contributed by atoms with Gasteiger partial charge in [-0.2, -0.15) is 0 Å². The normalized spacial score (nSPS) is 18.8. The van der Waals surface area contributed by atoms with Crippen LogP contribution in [0.25, 0.3) is 0 Å². The molecule has 1 atom stereocenters. The SMILES string of the molecule is CN1CCC(NC(=O)c2cccc([N+](=O)[O-])c2NN)C1. The minimum atomic E-state index is -0.574. The maximum absolute atomic E-state index is 12.2. The van der Waals surface area contributed by atoms with E-state index in [1.54, 1.807) is 0 Å². The Bertz CT molecular complexity index is 534. The Kier molecular flexibility index (Phi) is 4.16. The highest BCUT2D eigenvalue weighted by Crippen LogP contribution is 2.27. The number of likely N-dealkylation sites (N-methyl/N-ethyl adjacent to an activating group) is 1. The summed E-state index contributed by atoms with van der Waals surface area (Å²) in [5.74, 6) is 4.96. The molecule has 0 aliphatic carbocycles. The van der Waals surface area contributed by atoms with Crippen molar-refractivity contribution >= 4 is 17.3 Å². The summed E-state index contributed by atoms with van der Waals surface area (Å²) < 4.78 is 0. The molecule has 0 spiro atoms. The number of hydrogen-bond donors (Lipinski definition) is 3. The van der Waals surface area contributed by atoms with Gasteiger partial charge in [0.15, 0.2) is 0 Å². The lowest BCUT2D eigenvalue weighted by atomic mass is 10.1. The number of nitrogens with one attached hydrogen (secondary N) is 2. The van der Waals surface area contributed by atoms with Gasteiger partial charge in [-0.05, 0) is 26.1 Å². The third kappa shape index (κ3) is 2.86. The Balaban J connectivity index is 2.21. The van der Waals surface area contributed by atoms with Crippen LogP contribution in [0.4, 0.5) is 11.4 Å². The molecule has 0 bridgehead atoms. The third-order valence-corrected chi connectivity index (χ3v) is 3.35. The number of nitrogen functional groups attached to an aromatic ring is 1. The summed E-state index contributed by atoms with van der Waals surface area (Å²) in [4.78, 5) is 24.7. The Morgan fingerprint density at radius 1 is 1.55 bits per heavy atom. The molecule has 1 saturated heterocycles. The average Bonchev–Trinajstić information content (AvgIpc) is 2.82. The molecule has 1 fully saturated rings. The number of nitrogens with zero attached hydrogens (tertiary/aromatic N) is 2. The van der Waals surface area contributed by atoms with Crippen molar-refractivity contribution < 1.29 is 9.72 Å².